The van der Waals surface area contributed by atoms with Crippen molar-refractivity contribution in [3.63, 3.8) is 0 Å². The van der Waals surface area contributed by atoms with E-state index in [1.165, 1.54) is 19.3 Å². The van der Waals surface area contributed by atoms with E-state index in [9.17, 15) is 0 Å². The highest BCUT2D eigenvalue weighted by atomic mass is 79.9. The van der Waals surface area contributed by atoms with Crippen LogP contribution in [0.25, 0.3) is 0 Å². The predicted octanol–water partition coefficient (Wildman–Crippen LogP) is 4.70. The average molecular weight is 289 g/mol. The quantitative estimate of drug-likeness (QED) is 0.831. The van der Waals surface area contributed by atoms with Crippen molar-refractivity contribution in [3.05, 3.63) is 27.7 Å². The molecule has 0 spiro atoms. The first-order chi connectivity index (χ1) is 7.15. The van der Waals surface area contributed by atoms with Crippen molar-refractivity contribution >= 4 is 33.2 Å². The van der Waals surface area contributed by atoms with Gasteiger partial charge < -0.3 is 5.32 Å². The number of anilines is 1. The minimum absolute atomic E-state index is 0.596. The van der Waals surface area contributed by atoms with E-state index in [0.29, 0.717) is 6.04 Å². The normalized spacial score (nSPS) is 25.5. The van der Waals surface area contributed by atoms with Crippen molar-refractivity contribution in [2.45, 2.75) is 32.2 Å². The van der Waals surface area contributed by atoms with E-state index < -0.39 is 0 Å². The fraction of sp³-hybridized carbons (Fsp3) is 0.500. The van der Waals surface area contributed by atoms with Gasteiger partial charge in [0.05, 0.1) is 10.7 Å². The standard InChI is InChI=1S/C12H15BrClN/c1-8-2-4-10(6-8)15-12-5-3-9(13)7-11(12)14/h3,5,7-8,10,15H,2,4,6H2,1H3. The van der Waals surface area contributed by atoms with Crippen LogP contribution in [0.15, 0.2) is 22.7 Å². The van der Waals surface area contributed by atoms with Crippen LogP contribution in [-0.2, 0) is 0 Å². The molecule has 0 bridgehead atoms. The van der Waals surface area contributed by atoms with Gasteiger partial charge in [-0.3, -0.25) is 0 Å². The third-order valence-electron chi connectivity index (χ3n) is 2.99. The molecule has 1 aliphatic rings. The molecule has 2 unspecified atom stereocenters. The minimum Gasteiger partial charge on any atom is -0.381 e. The van der Waals surface area contributed by atoms with Crippen LogP contribution in [0.2, 0.25) is 5.02 Å². The molecule has 0 amide bonds. The zero-order valence-electron chi connectivity index (χ0n) is 8.76. The lowest BCUT2D eigenvalue weighted by molar-refractivity contribution is 0.602. The lowest BCUT2D eigenvalue weighted by Crippen LogP contribution is -2.15. The summed E-state index contributed by atoms with van der Waals surface area (Å²) in [6, 6.07) is 6.59. The monoisotopic (exact) mass is 287 g/mol. The number of nitrogens with one attached hydrogen (secondary N) is 1. The zero-order valence-corrected chi connectivity index (χ0v) is 11.1. The van der Waals surface area contributed by atoms with Gasteiger partial charge in [-0.05, 0) is 43.4 Å². The van der Waals surface area contributed by atoms with Crippen LogP contribution < -0.4 is 5.32 Å². The van der Waals surface area contributed by atoms with Gasteiger partial charge in [-0.25, -0.2) is 0 Å². The summed E-state index contributed by atoms with van der Waals surface area (Å²) in [5, 5.41) is 4.31. The van der Waals surface area contributed by atoms with Gasteiger partial charge in [-0.2, -0.15) is 0 Å². The largest absolute Gasteiger partial charge is 0.381 e. The molecule has 1 N–H and O–H groups in total. The first-order valence-corrected chi connectivity index (χ1v) is 6.54. The fourth-order valence-electron chi connectivity index (χ4n) is 2.16. The van der Waals surface area contributed by atoms with E-state index in [1.54, 1.807) is 0 Å². The molecule has 1 fully saturated rings. The molecule has 0 heterocycles. The van der Waals surface area contributed by atoms with Gasteiger partial charge >= 0.3 is 0 Å². The van der Waals surface area contributed by atoms with Gasteiger partial charge in [0.25, 0.3) is 0 Å². The molecule has 1 aromatic carbocycles. The van der Waals surface area contributed by atoms with Gasteiger partial charge in [0.2, 0.25) is 0 Å². The summed E-state index contributed by atoms with van der Waals surface area (Å²) in [6.45, 7) is 2.31. The Kier molecular flexibility index (Phi) is 3.57. The number of rotatable bonds is 2. The zero-order chi connectivity index (χ0) is 10.8. The van der Waals surface area contributed by atoms with Crippen molar-refractivity contribution < 1.29 is 0 Å². The van der Waals surface area contributed by atoms with E-state index in [2.05, 4.69) is 28.2 Å². The maximum absolute atomic E-state index is 6.15. The van der Waals surface area contributed by atoms with E-state index in [1.807, 2.05) is 18.2 Å². The Balaban J connectivity index is 2.04. The summed E-state index contributed by atoms with van der Waals surface area (Å²) in [5.41, 5.74) is 1.05. The van der Waals surface area contributed by atoms with Crippen LogP contribution in [0.5, 0.6) is 0 Å². The van der Waals surface area contributed by atoms with Crippen LogP contribution >= 0.6 is 27.5 Å². The van der Waals surface area contributed by atoms with Gasteiger partial charge in [0.15, 0.2) is 0 Å². The van der Waals surface area contributed by atoms with Crippen LogP contribution in [-0.4, -0.2) is 6.04 Å². The first-order valence-electron chi connectivity index (χ1n) is 5.37. The molecule has 0 aromatic heterocycles. The minimum atomic E-state index is 0.596. The lowest BCUT2D eigenvalue weighted by atomic mass is 10.1. The SMILES string of the molecule is CC1CCC(Nc2ccc(Br)cc2Cl)C1. The second-order valence-corrected chi connectivity index (χ2v) is 5.71. The van der Waals surface area contributed by atoms with Crippen LogP contribution in [0.4, 0.5) is 5.69 Å². The van der Waals surface area contributed by atoms with E-state index in [4.69, 9.17) is 11.6 Å². The molecule has 1 saturated carbocycles. The Morgan fingerprint density at radius 1 is 1.40 bits per heavy atom. The highest BCUT2D eigenvalue weighted by Gasteiger charge is 2.21. The molecular weight excluding hydrogens is 273 g/mol. The third-order valence-corrected chi connectivity index (χ3v) is 3.79. The third kappa shape index (κ3) is 2.88. The van der Waals surface area contributed by atoms with Gasteiger partial charge in [-0.1, -0.05) is 34.5 Å². The molecule has 15 heavy (non-hydrogen) atoms. The van der Waals surface area contributed by atoms with Crippen LogP contribution in [0, 0.1) is 5.92 Å². The molecule has 82 valence electrons. The van der Waals surface area contributed by atoms with Gasteiger partial charge in [0, 0.05) is 10.5 Å². The summed E-state index contributed by atoms with van der Waals surface area (Å²) < 4.78 is 1.03. The van der Waals surface area contributed by atoms with Crippen LogP contribution in [0.1, 0.15) is 26.2 Å². The summed E-state index contributed by atoms with van der Waals surface area (Å²) in [7, 11) is 0. The second-order valence-electron chi connectivity index (χ2n) is 4.38. The Labute approximate surface area is 104 Å². The molecule has 0 saturated heterocycles. The van der Waals surface area contributed by atoms with Gasteiger partial charge in [-0.15, -0.1) is 0 Å². The molecule has 2 rings (SSSR count). The molecule has 0 radical (unpaired) electrons. The molecule has 3 heteroatoms. The predicted molar refractivity (Wildman–Crippen MR) is 69.6 cm³/mol. The number of hydrogen-bond acceptors (Lipinski definition) is 1. The van der Waals surface area contributed by atoms with Crippen molar-refractivity contribution in [2.24, 2.45) is 5.92 Å². The molecule has 1 nitrogen and oxygen atoms in total. The fourth-order valence-corrected chi connectivity index (χ4v) is 2.89. The number of halogens is 2. The summed E-state index contributed by atoms with van der Waals surface area (Å²) >= 11 is 9.56. The summed E-state index contributed by atoms with van der Waals surface area (Å²) in [5.74, 6) is 0.844. The Bertz CT molecular complexity index is 353. The Hall–Kier alpha value is -0.210. The molecule has 0 aliphatic heterocycles. The lowest BCUT2D eigenvalue weighted by Gasteiger charge is -2.15. The highest BCUT2D eigenvalue weighted by molar-refractivity contribution is 9.10. The molecule has 1 aliphatic carbocycles. The Morgan fingerprint density at radius 2 is 2.20 bits per heavy atom. The first kappa shape index (κ1) is 11.3. The van der Waals surface area contributed by atoms with E-state index in [0.717, 1.165) is 21.1 Å². The Morgan fingerprint density at radius 3 is 2.80 bits per heavy atom. The maximum atomic E-state index is 6.15. The van der Waals surface area contributed by atoms with E-state index in [-0.39, 0.29) is 0 Å². The van der Waals surface area contributed by atoms with Crippen LogP contribution in [0.3, 0.4) is 0 Å². The molecular formula is C12H15BrClN. The number of hydrogen-bond donors (Lipinski definition) is 1. The summed E-state index contributed by atoms with van der Waals surface area (Å²) in [6.07, 6.45) is 3.84. The smallest absolute Gasteiger partial charge is 0.0648 e. The second kappa shape index (κ2) is 4.75. The maximum Gasteiger partial charge on any atom is 0.0648 e. The number of benzene rings is 1. The highest BCUT2D eigenvalue weighted by Crippen LogP contribution is 2.31. The topological polar surface area (TPSA) is 12.0 Å². The van der Waals surface area contributed by atoms with Crippen molar-refractivity contribution in [3.8, 4) is 0 Å². The van der Waals surface area contributed by atoms with Crippen molar-refractivity contribution in [1.82, 2.24) is 0 Å². The van der Waals surface area contributed by atoms with Gasteiger partial charge in [0.1, 0.15) is 0 Å². The molecule has 2 atom stereocenters. The summed E-state index contributed by atoms with van der Waals surface area (Å²) in [4.78, 5) is 0. The average Bonchev–Trinajstić information content (AvgIpc) is 2.56. The van der Waals surface area contributed by atoms with Crippen molar-refractivity contribution in [2.75, 3.05) is 5.32 Å². The van der Waals surface area contributed by atoms with Crippen molar-refractivity contribution in [1.29, 1.82) is 0 Å². The molecule has 1 aromatic rings. The van der Waals surface area contributed by atoms with E-state index >= 15 is 0 Å².